The summed E-state index contributed by atoms with van der Waals surface area (Å²) in [5, 5.41) is 3.57. The van der Waals surface area contributed by atoms with E-state index in [-0.39, 0.29) is 17.9 Å². The number of likely N-dealkylation sites (N-methyl/N-ethyl adjacent to an activating group) is 1. The van der Waals surface area contributed by atoms with Gasteiger partial charge in [0.05, 0.1) is 13.1 Å². The second kappa shape index (κ2) is 11.2. The molecule has 0 aromatic heterocycles. The predicted molar refractivity (Wildman–Crippen MR) is 111 cm³/mol. The summed E-state index contributed by atoms with van der Waals surface area (Å²) >= 11 is 5.85. The lowest BCUT2D eigenvalue weighted by Crippen LogP contribution is -2.53. The third-order valence-corrected chi connectivity index (χ3v) is 4.75. The Balaban J connectivity index is 1.63. The summed E-state index contributed by atoms with van der Waals surface area (Å²) in [4.78, 5) is 30.2. The molecule has 2 rings (SSSR count). The molecule has 156 valence electrons. The maximum absolute atomic E-state index is 12.5. The van der Waals surface area contributed by atoms with Crippen LogP contribution in [0.2, 0.25) is 5.02 Å². The zero-order valence-corrected chi connectivity index (χ0v) is 17.7. The Kier molecular flexibility index (Phi) is 9.02. The van der Waals surface area contributed by atoms with Crippen LogP contribution in [0, 0.1) is 0 Å². The largest absolute Gasteiger partial charge is 0.492 e. The molecule has 1 N–H and O–H groups in total. The van der Waals surface area contributed by atoms with Gasteiger partial charge in [-0.15, -0.1) is 0 Å². The molecule has 0 aliphatic carbocycles. The summed E-state index contributed by atoms with van der Waals surface area (Å²) in [6, 6.07) is 7.38. The van der Waals surface area contributed by atoms with E-state index in [2.05, 4.69) is 10.2 Å². The molecule has 0 radical (unpaired) electrons. The van der Waals surface area contributed by atoms with Gasteiger partial charge < -0.3 is 15.0 Å². The second-order valence-electron chi connectivity index (χ2n) is 7.42. The van der Waals surface area contributed by atoms with Crippen LogP contribution in [0.25, 0.3) is 0 Å². The van der Waals surface area contributed by atoms with E-state index >= 15 is 0 Å². The number of halogens is 1. The molecule has 0 bridgehead atoms. The van der Waals surface area contributed by atoms with Gasteiger partial charge in [0, 0.05) is 43.8 Å². The summed E-state index contributed by atoms with van der Waals surface area (Å²) < 4.78 is 5.67. The van der Waals surface area contributed by atoms with E-state index in [9.17, 15) is 9.59 Å². The summed E-state index contributed by atoms with van der Waals surface area (Å²) in [7, 11) is 1.91. The molecule has 28 heavy (non-hydrogen) atoms. The van der Waals surface area contributed by atoms with Crippen LogP contribution >= 0.6 is 11.6 Å². The van der Waals surface area contributed by atoms with Gasteiger partial charge >= 0.3 is 0 Å². The minimum atomic E-state index is 0.0372. The number of hydrogen-bond donors (Lipinski definition) is 1. The number of amides is 2. The van der Waals surface area contributed by atoms with Crippen molar-refractivity contribution in [2.24, 2.45) is 0 Å². The quantitative estimate of drug-likeness (QED) is 0.665. The van der Waals surface area contributed by atoms with Gasteiger partial charge in [0.25, 0.3) is 0 Å². The van der Waals surface area contributed by atoms with Crippen LogP contribution in [0.5, 0.6) is 5.75 Å². The molecule has 1 heterocycles. The molecular weight excluding hydrogens is 380 g/mol. The maximum atomic E-state index is 12.5. The van der Waals surface area contributed by atoms with Crippen molar-refractivity contribution in [1.29, 1.82) is 0 Å². The van der Waals surface area contributed by atoms with Gasteiger partial charge in [-0.3, -0.25) is 19.4 Å². The summed E-state index contributed by atoms with van der Waals surface area (Å²) in [6.45, 7) is 8.57. The lowest BCUT2D eigenvalue weighted by Gasteiger charge is -2.35. The SMILES string of the molecule is CC(C)NC(=O)CN1CCN(C(=O)CN(C)CCOc2ccc(Cl)cc2)CC1. The first-order valence-corrected chi connectivity index (χ1v) is 10.1. The summed E-state index contributed by atoms with van der Waals surface area (Å²) in [5.41, 5.74) is 0. The first-order valence-electron chi connectivity index (χ1n) is 9.70. The number of ether oxygens (including phenoxy) is 1. The van der Waals surface area contributed by atoms with E-state index in [1.54, 1.807) is 12.1 Å². The fourth-order valence-corrected chi connectivity index (χ4v) is 3.11. The van der Waals surface area contributed by atoms with Crippen molar-refractivity contribution >= 4 is 23.4 Å². The molecule has 0 saturated carbocycles. The van der Waals surface area contributed by atoms with Crippen molar-refractivity contribution in [2.75, 3.05) is 59.5 Å². The first-order chi connectivity index (χ1) is 13.3. The Bertz CT molecular complexity index is 631. The molecule has 0 unspecified atom stereocenters. The van der Waals surface area contributed by atoms with Crippen molar-refractivity contribution < 1.29 is 14.3 Å². The van der Waals surface area contributed by atoms with Crippen molar-refractivity contribution in [1.82, 2.24) is 20.0 Å². The third kappa shape index (κ3) is 8.04. The fourth-order valence-electron chi connectivity index (χ4n) is 2.99. The van der Waals surface area contributed by atoms with E-state index < -0.39 is 0 Å². The molecule has 1 saturated heterocycles. The highest BCUT2D eigenvalue weighted by Gasteiger charge is 2.23. The maximum Gasteiger partial charge on any atom is 0.236 e. The number of hydrogen-bond acceptors (Lipinski definition) is 5. The van der Waals surface area contributed by atoms with Crippen molar-refractivity contribution in [2.45, 2.75) is 19.9 Å². The van der Waals surface area contributed by atoms with Crippen LogP contribution in [0.15, 0.2) is 24.3 Å². The monoisotopic (exact) mass is 410 g/mol. The minimum absolute atomic E-state index is 0.0372. The van der Waals surface area contributed by atoms with E-state index in [4.69, 9.17) is 16.3 Å². The van der Waals surface area contributed by atoms with Gasteiger partial charge in [-0.05, 0) is 45.2 Å². The number of rotatable bonds is 9. The van der Waals surface area contributed by atoms with Crippen LogP contribution < -0.4 is 10.1 Å². The Labute approximate surface area is 172 Å². The predicted octanol–water partition coefficient (Wildman–Crippen LogP) is 1.32. The highest BCUT2D eigenvalue weighted by Crippen LogP contribution is 2.15. The van der Waals surface area contributed by atoms with Gasteiger partial charge in [-0.1, -0.05) is 11.6 Å². The van der Waals surface area contributed by atoms with Crippen LogP contribution in [-0.2, 0) is 9.59 Å². The molecule has 1 aromatic rings. The van der Waals surface area contributed by atoms with Crippen molar-refractivity contribution in [3.05, 3.63) is 29.3 Å². The number of benzene rings is 1. The number of piperazine rings is 1. The Morgan fingerprint density at radius 1 is 1.18 bits per heavy atom. The average molecular weight is 411 g/mol. The summed E-state index contributed by atoms with van der Waals surface area (Å²) in [5.74, 6) is 0.914. The number of carbonyl (C=O) groups excluding carboxylic acids is 2. The van der Waals surface area contributed by atoms with Crippen LogP contribution in [0.4, 0.5) is 0 Å². The number of nitrogens with one attached hydrogen (secondary N) is 1. The molecule has 2 amide bonds. The van der Waals surface area contributed by atoms with Gasteiger partial charge in [0.15, 0.2) is 0 Å². The Morgan fingerprint density at radius 2 is 1.82 bits per heavy atom. The Morgan fingerprint density at radius 3 is 2.43 bits per heavy atom. The minimum Gasteiger partial charge on any atom is -0.492 e. The van der Waals surface area contributed by atoms with E-state index in [0.717, 1.165) is 18.8 Å². The molecule has 1 aromatic carbocycles. The topological polar surface area (TPSA) is 65.1 Å². The van der Waals surface area contributed by atoms with Crippen LogP contribution in [0.1, 0.15) is 13.8 Å². The zero-order valence-electron chi connectivity index (χ0n) is 17.0. The van der Waals surface area contributed by atoms with E-state index in [1.165, 1.54) is 0 Å². The number of carbonyl (C=O) groups is 2. The zero-order chi connectivity index (χ0) is 20.5. The van der Waals surface area contributed by atoms with Gasteiger partial charge in [-0.2, -0.15) is 0 Å². The highest BCUT2D eigenvalue weighted by molar-refractivity contribution is 6.30. The van der Waals surface area contributed by atoms with E-state index in [0.29, 0.717) is 44.4 Å². The molecular formula is C20H31ClN4O3. The van der Waals surface area contributed by atoms with Gasteiger partial charge in [0.2, 0.25) is 11.8 Å². The molecule has 1 aliphatic rings. The average Bonchev–Trinajstić information content (AvgIpc) is 2.63. The normalized spacial score (nSPS) is 15.1. The smallest absolute Gasteiger partial charge is 0.236 e. The van der Waals surface area contributed by atoms with Crippen molar-refractivity contribution in [3.63, 3.8) is 0 Å². The molecule has 8 heteroatoms. The molecule has 1 aliphatic heterocycles. The van der Waals surface area contributed by atoms with Crippen LogP contribution in [0.3, 0.4) is 0 Å². The summed E-state index contributed by atoms with van der Waals surface area (Å²) in [6.07, 6.45) is 0. The lowest BCUT2D eigenvalue weighted by molar-refractivity contribution is -0.134. The molecule has 7 nitrogen and oxygen atoms in total. The van der Waals surface area contributed by atoms with E-state index in [1.807, 2.05) is 42.8 Å². The first kappa shape index (κ1) is 22.5. The second-order valence-corrected chi connectivity index (χ2v) is 7.86. The molecule has 1 fully saturated rings. The molecule has 0 atom stereocenters. The fraction of sp³-hybridized carbons (Fsp3) is 0.600. The Hall–Kier alpha value is -1.83. The molecule has 0 spiro atoms. The number of nitrogens with zero attached hydrogens (tertiary/aromatic N) is 3. The lowest BCUT2D eigenvalue weighted by atomic mass is 10.3. The third-order valence-electron chi connectivity index (χ3n) is 4.50. The standard InChI is InChI=1S/C20H31ClN4O3/c1-16(2)22-19(26)14-24-8-10-25(11-9-24)20(27)15-23(3)12-13-28-18-6-4-17(21)5-7-18/h4-7,16H,8-15H2,1-3H3,(H,22,26). The van der Waals surface area contributed by atoms with Crippen LogP contribution in [-0.4, -0.2) is 92.0 Å². The van der Waals surface area contributed by atoms with Gasteiger partial charge in [0.1, 0.15) is 12.4 Å². The highest BCUT2D eigenvalue weighted by atomic mass is 35.5. The van der Waals surface area contributed by atoms with Crippen molar-refractivity contribution in [3.8, 4) is 5.75 Å². The van der Waals surface area contributed by atoms with Gasteiger partial charge in [-0.25, -0.2) is 0 Å².